The van der Waals surface area contributed by atoms with Gasteiger partial charge in [-0.05, 0) is 41.4 Å². The van der Waals surface area contributed by atoms with E-state index >= 15 is 0 Å². The van der Waals surface area contributed by atoms with Crippen molar-refractivity contribution in [2.45, 2.75) is 33.6 Å². The van der Waals surface area contributed by atoms with Crippen molar-refractivity contribution in [2.75, 3.05) is 0 Å². The summed E-state index contributed by atoms with van der Waals surface area (Å²) in [5.74, 6) is 0. The first kappa shape index (κ1) is 13.0. The van der Waals surface area contributed by atoms with Gasteiger partial charge in [0.05, 0.1) is 5.55 Å². The number of allylic oxidation sites excluding steroid dienone is 2. The van der Waals surface area contributed by atoms with Crippen LogP contribution in [0.25, 0.3) is 5.57 Å². The molecule has 0 saturated heterocycles. The third-order valence-corrected chi connectivity index (χ3v) is 3.57. The normalized spacial score (nSPS) is 13.7. The molecule has 0 aliphatic heterocycles. The smallest absolute Gasteiger partial charge is 0.0551 e. The fourth-order valence-electron chi connectivity index (χ4n) is 1.91. The lowest BCUT2D eigenvalue weighted by Crippen LogP contribution is -2.01. The maximum atomic E-state index is 7.12. The number of hydrogen-bond acceptors (Lipinski definition) is 2. The minimum Gasteiger partial charge on any atom is -0.302 e. The van der Waals surface area contributed by atoms with Crippen molar-refractivity contribution in [1.29, 1.82) is 5.41 Å². The second-order valence-corrected chi connectivity index (χ2v) is 4.41. The fraction of sp³-hybridized carbons (Fsp3) is 0.357. The molecule has 1 nitrogen and oxygen atoms in total. The first-order chi connectivity index (χ1) is 7.83. The molecule has 1 aliphatic carbocycles. The van der Waals surface area contributed by atoms with Crippen molar-refractivity contribution in [1.82, 2.24) is 0 Å². The molecule has 0 heterocycles. The number of thioether (sulfide) groups is 1. The maximum absolute atomic E-state index is 7.12. The van der Waals surface area contributed by atoms with E-state index in [9.17, 15) is 0 Å². The highest BCUT2D eigenvalue weighted by Gasteiger charge is 2.14. The van der Waals surface area contributed by atoms with E-state index in [1.807, 2.05) is 13.8 Å². The van der Waals surface area contributed by atoms with Gasteiger partial charge in [-0.1, -0.05) is 49.9 Å². The second kappa shape index (κ2) is 6.54. The van der Waals surface area contributed by atoms with Gasteiger partial charge in [-0.3, -0.25) is 0 Å². The summed E-state index contributed by atoms with van der Waals surface area (Å²) in [5.41, 5.74) is 5.58. The van der Waals surface area contributed by atoms with Crippen molar-refractivity contribution in [2.24, 2.45) is 0 Å². The van der Waals surface area contributed by atoms with Crippen LogP contribution in [0.5, 0.6) is 0 Å². The van der Waals surface area contributed by atoms with Gasteiger partial charge in [-0.15, -0.1) is 0 Å². The summed E-state index contributed by atoms with van der Waals surface area (Å²) in [5, 5.41) is 7.12. The van der Waals surface area contributed by atoms with E-state index in [2.05, 4.69) is 31.2 Å². The summed E-state index contributed by atoms with van der Waals surface area (Å²) >= 11 is 1.55. The van der Waals surface area contributed by atoms with Crippen LogP contribution in [0.1, 0.15) is 38.3 Å². The molecule has 0 unspecified atom stereocenters. The van der Waals surface area contributed by atoms with Gasteiger partial charge in [0.15, 0.2) is 0 Å². The van der Waals surface area contributed by atoms with E-state index in [-0.39, 0.29) is 0 Å². The van der Waals surface area contributed by atoms with Crippen LogP contribution in [-0.2, 0) is 6.42 Å². The molecule has 1 N–H and O–H groups in total. The van der Waals surface area contributed by atoms with Crippen LogP contribution in [0.15, 0.2) is 29.2 Å². The van der Waals surface area contributed by atoms with Crippen molar-refractivity contribution in [3.63, 3.8) is 0 Å². The van der Waals surface area contributed by atoms with Gasteiger partial charge < -0.3 is 5.41 Å². The van der Waals surface area contributed by atoms with E-state index in [0.29, 0.717) is 0 Å². The first-order valence-corrected chi connectivity index (χ1v) is 6.64. The number of hydrogen-bond donors (Lipinski definition) is 1. The maximum Gasteiger partial charge on any atom is 0.0551 e. The number of fused-ring (bicyclic) bond motifs is 1. The van der Waals surface area contributed by atoms with Crippen LogP contribution in [-0.4, -0.2) is 5.55 Å². The Morgan fingerprint density at radius 3 is 2.56 bits per heavy atom. The summed E-state index contributed by atoms with van der Waals surface area (Å²) in [4.78, 5) is 1.35. The zero-order valence-corrected chi connectivity index (χ0v) is 11.0. The number of aryl methyl sites for hydroxylation is 1. The Labute approximate surface area is 102 Å². The van der Waals surface area contributed by atoms with Crippen LogP contribution in [0.3, 0.4) is 0 Å². The molecule has 1 aromatic carbocycles. The van der Waals surface area contributed by atoms with Crippen molar-refractivity contribution in [3.05, 3.63) is 40.3 Å². The molecule has 86 valence electrons. The standard InChI is InChI=1S/C12H13NS.C2H6/c1-9-11-5-3-2-4-10(11)6-7-12(9)14-8-13;1-2/h2-5,8,13H,6-7H2,1H3;1-2H3. The summed E-state index contributed by atoms with van der Waals surface area (Å²) in [7, 11) is 0. The quantitative estimate of drug-likeness (QED) is 0.579. The number of nitrogens with one attached hydrogen (secondary N) is 1. The fourth-order valence-corrected chi connectivity index (χ4v) is 2.56. The van der Waals surface area contributed by atoms with Gasteiger partial charge in [0.1, 0.15) is 0 Å². The van der Waals surface area contributed by atoms with Crippen molar-refractivity contribution < 1.29 is 0 Å². The Bertz CT molecular complexity index is 393. The Kier molecular flexibility index (Phi) is 5.33. The van der Waals surface area contributed by atoms with Crippen molar-refractivity contribution in [3.8, 4) is 0 Å². The highest BCUT2D eigenvalue weighted by atomic mass is 32.2. The SMILES string of the molecule is CC.CC1=C(SC=N)CCc2ccccc21. The average molecular weight is 233 g/mol. The van der Waals surface area contributed by atoms with Crippen LogP contribution in [0.4, 0.5) is 0 Å². The van der Waals surface area contributed by atoms with Crippen molar-refractivity contribution >= 4 is 22.9 Å². The molecule has 1 aromatic rings. The number of rotatable bonds is 2. The summed E-state index contributed by atoms with van der Waals surface area (Å²) in [6, 6.07) is 8.56. The summed E-state index contributed by atoms with van der Waals surface area (Å²) in [6.07, 6.45) is 2.20. The van der Waals surface area contributed by atoms with Crippen LogP contribution in [0, 0.1) is 5.41 Å². The molecule has 0 aromatic heterocycles. The molecule has 16 heavy (non-hydrogen) atoms. The second-order valence-electron chi connectivity index (χ2n) is 3.44. The molecule has 2 rings (SSSR count). The largest absolute Gasteiger partial charge is 0.302 e. The zero-order valence-electron chi connectivity index (χ0n) is 10.2. The van der Waals surface area contributed by atoms with Crippen LogP contribution in [0.2, 0.25) is 0 Å². The molecular weight excluding hydrogens is 214 g/mol. The van der Waals surface area contributed by atoms with Crippen LogP contribution < -0.4 is 0 Å². The zero-order chi connectivity index (χ0) is 12.0. The average Bonchev–Trinajstić information content (AvgIpc) is 2.36. The van der Waals surface area contributed by atoms with Gasteiger partial charge in [0.2, 0.25) is 0 Å². The van der Waals surface area contributed by atoms with Crippen LogP contribution >= 0.6 is 11.8 Å². The molecule has 0 saturated carbocycles. The first-order valence-electron chi connectivity index (χ1n) is 5.76. The highest BCUT2D eigenvalue weighted by molar-refractivity contribution is 8.15. The van der Waals surface area contributed by atoms with E-state index in [0.717, 1.165) is 12.8 Å². The van der Waals surface area contributed by atoms with E-state index in [1.165, 1.54) is 27.2 Å². The molecule has 2 heteroatoms. The minimum atomic E-state index is 1.09. The summed E-state index contributed by atoms with van der Waals surface area (Å²) in [6.45, 7) is 6.16. The lowest BCUT2D eigenvalue weighted by Gasteiger charge is -2.19. The molecule has 0 radical (unpaired) electrons. The van der Waals surface area contributed by atoms with Gasteiger partial charge in [-0.25, -0.2) is 0 Å². The molecular formula is C14H19NS. The molecule has 0 bridgehead atoms. The van der Waals surface area contributed by atoms with Gasteiger partial charge >= 0.3 is 0 Å². The van der Waals surface area contributed by atoms with Gasteiger partial charge in [0, 0.05) is 0 Å². The van der Waals surface area contributed by atoms with E-state index in [1.54, 1.807) is 11.8 Å². The lowest BCUT2D eigenvalue weighted by molar-refractivity contribution is 0.963. The van der Waals surface area contributed by atoms with E-state index in [4.69, 9.17) is 5.41 Å². The topological polar surface area (TPSA) is 23.9 Å². The third-order valence-electron chi connectivity index (χ3n) is 2.66. The molecule has 0 atom stereocenters. The Morgan fingerprint density at radius 2 is 1.88 bits per heavy atom. The highest BCUT2D eigenvalue weighted by Crippen LogP contribution is 2.35. The molecule has 1 aliphatic rings. The number of benzene rings is 1. The monoisotopic (exact) mass is 233 g/mol. The van der Waals surface area contributed by atoms with Gasteiger partial charge in [0.25, 0.3) is 0 Å². The van der Waals surface area contributed by atoms with E-state index < -0.39 is 0 Å². The van der Waals surface area contributed by atoms with Gasteiger partial charge in [-0.2, -0.15) is 0 Å². The predicted octanol–water partition coefficient (Wildman–Crippen LogP) is 4.73. The lowest BCUT2D eigenvalue weighted by atomic mass is 9.92. The predicted molar refractivity (Wildman–Crippen MR) is 75.1 cm³/mol. The Morgan fingerprint density at radius 1 is 1.19 bits per heavy atom. The Balaban J connectivity index is 0.000000606. The third kappa shape index (κ3) is 2.76. The Hall–Kier alpha value is -1.02. The molecule has 0 amide bonds. The minimum absolute atomic E-state index is 1.09. The molecule has 0 spiro atoms. The molecule has 0 fully saturated rings. The summed E-state index contributed by atoms with van der Waals surface area (Å²) < 4.78 is 0.